The van der Waals surface area contributed by atoms with Crippen molar-refractivity contribution in [3.63, 3.8) is 0 Å². The topological polar surface area (TPSA) is 45.8 Å². The monoisotopic (exact) mass is 411 g/mol. The SMILES string of the molecule is C[C@H]1CCCN(c2ccc([C@H](C)NC(=S)Nc3ccc4c(c3)OCCO4)cc2)C1. The molecule has 0 radical (unpaired) electrons. The Hall–Kier alpha value is -2.47. The van der Waals surface area contributed by atoms with Gasteiger partial charge in [-0.1, -0.05) is 19.1 Å². The van der Waals surface area contributed by atoms with Gasteiger partial charge in [-0.15, -0.1) is 0 Å². The summed E-state index contributed by atoms with van der Waals surface area (Å²) in [7, 11) is 0. The Balaban J connectivity index is 1.33. The number of anilines is 2. The van der Waals surface area contributed by atoms with E-state index in [2.05, 4.69) is 53.6 Å². The number of nitrogens with zero attached hydrogens (tertiary/aromatic N) is 1. The van der Waals surface area contributed by atoms with Crippen molar-refractivity contribution >= 4 is 28.7 Å². The Kier molecular flexibility index (Phi) is 6.09. The molecular weight excluding hydrogens is 382 g/mol. The predicted octanol–water partition coefficient (Wildman–Crippen LogP) is 4.74. The van der Waals surface area contributed by atoms with Crippen LogP contribution in [0.5, 0.6) is 11.5 Å². The molecule has 0 amide bonds. The maximum absolute atomic E-state index is 5.63. The lowest BCUT2D eigenvalue weighted by Crippen LogP contribution is -2.34. The van der Waals surface area contributed by atoms with E-state index in [0.717, 1.165) is 36.2 Å². The van der Waals surface area contributed by atoms with Gasteiger partial charge >= 0.3 is 0 Å². The lowest BCUT2D eigenvalue weighted by Gasteiger charge is -2.33. The average Bonchev–Trinajstić information content (AvgIpc) is 2.73. The summed E-state index contributed by atoms with van der Waals surface area (Å²) >= 11 is 5.51. The van der Waals surface area contributed by atoms with Crippen LogP contribution in [0.4, 0.5) is 11.4 Å². The molecular formula is C23H29N3O2S. The van der Waals surface area contributed by atoms with Crippen molar-refractivity contribution in [1.29, 1.82) is 0 Å². The molecule has 2 aromatic rings. The number of ether oxygens (including phenoxy) is 2. The van der Waals surface area contributed by atoms with Gasteiger partial charge in [0.1, 0.15) is 13.2 Å². The standard InChI is InChI=1S/C23H29N3O2S/c1-16-4-3-11-26(15-16)20-8-5-18(6-9-20)17(2)24-23(29)25-19-7-10-21-22(14-19)28-13-12-27-21/h5-10,14,16-17H,3-4,11-13,15H2,1-2H3,(H2,24,25,29)/t16-,17-/m0/s1. The minimum atomic E-state index is 0.113. The fraction of sp³-hybridized carbons (Fsp3) is 0.435. The van der Waals surface area contributed by atoms with Gasteiger partial charge in [-0.25, -0.2) is 0 Å². The Bertz CT molecular complexity index is 856. The quantitative estimate of drug-likeness (QED) is 0.709. The minimum absolute atomic E-state index is 0.113. The summed E-state index contributed by atoms with van der Waals surface area (Å²) in [5, 5.41) is 7.19. The third-order valence-electron chi connectivity index (χ3n) is 5.56. The molecule has 2 aliphatic rings. The molecule has 2 aromatic carbocycles. The van der Waals surface area contributed by atoms with Crippen LogP contribution in [0.3, 0.4) is 0 Å². The van der Waals surface area contributed by atoms with Gasteiger partial charge in [0, 0.05) is 30.5 Å². The Labute approximate surface area is 178 Å². The van der Waals surface area contributed by atoms with Crippen molar-refractivity contribution in [3.05, 3.63) is 48.0 Å². The molecule has 0 aromatic heterocycles. The number of rotatable bonds is 4. The van der Waals surface area contributed by atoms with Gasteiger partial charge in [0.05, 0.1) is 6.04 Å². The van der Waals surface area contributed by atoms with Crippen molar-refractivity contribution in [3.8, 4) is 11.5 Å². The second-order valence-corrected chi connectivity index (χ2v) is 8.37. The number of piperidine rings is 1. The maximum atomic E-state index is 5.63. The molecule has 4 rings (SSSR count). The Morgan fingerprint density at radius 2 is 1.86 bits per heavy atom. The summed E-state index contributed by atoms with van der Waals surface area (Å²) in [6.45, 7) is 7.92. The summed E-state index contributed by atoms with van der Waals surface area (Å²) in [5.41, 5.74) is 3.41. The number of hydrogen-bond acceptors (Lipinski definition) is 4. The summed E-state index contributed by atoms with van der Waals surface area (Å²) in [6, 6.07) is 14.7. The van der Waals surface area contributed by atoms with E-state index in [-0.39, 0.29) is 6.04 Å². The van der Waals surface area contributed by atoms with E-state index in [4.69, 9.17) is 21.7 Å². The first-order chi connectivity index (χ1) is 14.1. The highest BCUT2D eigenvalue weighted by Crippen LogP contribution is 2.32. The van der Waals surface area contributed by atoms with Crippen LogP contribution >= 0.6 is 12.2 Å². The molecule has 29 heavy (non-hydrogen) atoms. The van der Waals surface area contributed by atoms with E-state index in [0.29, 0.717) is 18.3 Å². The van der Waals surface area contributed by atoms with Gasteiger partial charge in [0.2, 0.25) is 0 Å². The van der Waals surface area contributed by atoms with Gasteiger partial charge in [-0.05, 0) is 67.7 Å². The summed E-state index contributed by atoms with van der Waals surface area (Å²) < 4.78 is 11.2. The third kappa shape index (κ3) is 4.93. The Morgan fingerprint density at radius 1 is 1.10 bits per heavy atom. The molecule has 0 spiro atoms. The molecule has 2 N–H and O–H groups in total. The van der Waals surface area contributed by atoms with Gasteiger partial charge in [0.25, 0.3) is 0 Å². The first kappa shape index (κ1) is 19.8. The fourth-order valence-corrected chi connectivity index (χ4v) is 4.26. The van der Waals surface area contributed by atoms with Crippen LogP contribution in [-0.4, -0.2) is 31.4 Å². The molecule has 1 saturated heterocycles. The summed E-state index contributed by atoms with van der Waals surface area (Å²) in [5.74, 6) is 2.30. The predicted molar refractivity (Wildman–Crippen MR) is 122 cm³/mol. The number of hydrogen-bond donors (Lipinski definition) is 2. The highest BCUT2D eigenvalue weighted by Gasteiger charge is 2.17. The van der Waals surface area contributed by atoms with Crippen LogP contribution in [0.25, 0.3) is 0 Å². The molecule has 2 aliphatic heterocycles. The van der Waals surface area contributed by atoms with Crippen molar-refractivity contribution < 1.29 is 9.47 Å². The van der Waals surface area contributed by atoms with E-state index in [1.165, 1.54) is 24.1 Å². The van der Waals surface area contributed by atoms with Crippen LogP contribution < -0.4 is 25.0 Å². The van der Waals surface area contributed by atoms with Crippen molar-refractivity contribution in [2.24, 2.45) is 5.92 Å². The highest BCUT2D eigenvalue weighted by molar-refractivity contribution is 7.80. The lowest BCUT2D eigenvalue weighted by molar-refractivity contribution is 0.171. The number of nitrogens with one attached hydrogen (secondary N) is 2. The zero-order valence-corrected chi connectivity index (χ0v) is 17.9. The number of fused-ring (bicyclic) bond motifs is 1. The molecule has 5 nitrogen and oxygen atoms in total. The number of thiocarbonyl (C=S) groups is 1. The smallest absolute Gasteiger partial charge is 0.171 e. The fourth-order valence-electron chi connectivity index (χ4n) is 3.97. The molecule has 2 heterocycles. The molecule has 0 saturated carbocycles. The molecule has 0 aliphatic carbocycles. The molecule has 0 bridgehead atoms. The zero-order chi connectivity index (χ0) is 20.2. The van der Waals surface area contributed by atoms with Crippen LogP contribution in [0.2, 0.25) is 0 Å². The van der Waals surface area contributed by atoms with Gasteiger partial charge in [-0.3, -0.25) is 0 Å². The van der Waals surface area contributed by atoms with Gasteiger partial charge in [-0.2, -0.15) is 0 Å². The zero-order valence-electron chi connectivity index (χ0n) is 17.1. The van der Waals surface area contributed by atoms with E-state index >= 15 is 0 Å². The molecule has 6 heteroatoms. The molecule has 2 atom stereocenters. The van der Waals surface area contributed by atoms with Crippen molar-refractivity contribution in [1.82, 2.24) is 5.32 Å². The van der Waals surface area contributed by atoms with Gasteiger partial charge < -0.3 is 25.0 Å². The van der Waals surface area contributed by atoms with Crippen LogP contribution in [0.15, 0.2) is 42.5 Å². The molecule has 0 unspecified atom stereocenters. The summed E-state index contributed by atoms with van der Waals surface area (Å²) in [4.78, 5) is 2.49. The average molecular weight is 412 g/mol. The molecule has 154 valence electrons. The normalized spacial score (nSPS) is 19.4. The second kappa shape index (κ2) is 8.91. The largest absolute Gasteiger partial charge is 0.486 e. The Morgan fingerprint density at radius 3 is 2.62 bits per heavy atom. The van der Waals surface area contributed by atoms with Crippen LogP contribution in [0, 0.1) is 5.92 Å². The first-order valence-electron chi connectivity index (χ1n) is 10.4. The van der Waals surface area contributed by atoms with Crippen molar-refractivity contribution in [2.45, 2.75) is 32.7 Å². The minimum Gasteiger partial charge on any atom is -0.486 e. The van der Waals surface area contributed by atoms with Gasteiger partial charge in [0.15, 0.2) is 16.6 Å². The summed E-state index contributed by atoms with van der Waals surface area (Å²) in [6.07, 6.45) is 2.62. The van der Waals surface area contributed by atoms with Crippen LogP contribution in [-0.2, 0) is 0 Å². The van der Waals surface area contributed by atoms with Crippen LogP contribution in [0.1, 0.15) is 38.3 Å². The lowest BCUT2D eigenvalue weighted by atomic mass is 9.99. The van der Waals surface area contributed by atoms with E-state index < -0.39 is 0 Å². The van der Waals surface area contributed by atoms with E-state index in [1.807, 2.05) is 18.2 Å². The van der Waals surface area contributed by atoms with E-state index in [1.54, 1.807) is 0 Å². The highest BCUT2D eigenvalue weighted by atomic mass is 32.1. The third-order valence-corrected chi connectivity index (χ3v) is 5.78. The molecule has 1 fully saturated rings. The first-order valence-corrected chi connectivity index (χ1v) is 10.8. The van der Waals surface area contributed by atoms with Crippen molar-refractivity contribution in [2.75, 3.05) is 36.5 Å². The second-order valence-electron chi connectivity index (χ2n) is 7.96. The maximum Gasteiger partial charge on any atom is 0.171 e. The number of benzene rings is 2. The van der Waals surface area contributed by atoms with E-state index in [9.17, 15) is 0 Å².